The van der Waals surface area contributed by atoms with Crippen LogP contribution in [-0.2, 0) is 16.0 Å². The maximum Gasteiger partial charge on any atom is 0.291 e. The van der Waals surface area contributed by atoms with Gasteiger partial charge in [-0.25, -0.2) is 10.4 Å². The summed E-state index contributed by atoms with van der Waals surface area (Å²) in [5.74, 6) is 1.10. The largest absolute Gasteiger partial charge is 0.349 e. The number of likely N-dealkylation sites (N-methyl/N-ethyl adjacent to an activating group) is 1. The normalized spacial score (nSPS) is 27.2. The number of hydrogen-bond donors (Lipinski definition) is 5. The Morgan fingerprint density at radius 3 is 2.38 bits per heavy atom. The molecule has 2 amide bonds. The van der Waals surface area contributed by atoms with Crippen LogP contribution in [-0.4, -0.2) is 65.6 Å². The van der Waals surface area contributed by atoms with E-state index in [9.17, 15) is 9.59 Å². The predicted molar refractivity (Wildman–Crippen MR) is 188 cm³/mol. The van der Waals surface area contributed by atoms with E-state index >= 15 is 0 Å². The molecule has 2 heterocycles. The minimum Gasteiger partial charge on any atom is -0.349 e. The molecule has 2 saturated heterocycles. The summed E-state index contributed by atoms with van der Waals surface area (Å²) >= 11 is 0. The van der Waals surface area contributed by atoms with Crippen LogP contribution in [0, 0.1) is 16.7 Å². The molecule has 0 bridgehead atoms. The lowest BCUT2D eigenvalue weighted by Crippen LogP contribution is -2.59. The fourth-order valence-corrected chi connectivity index (χ4v) is 7.50. The first-order valence-corrected chi connectivity index (χ1v) is 17.6. The lowest BCUT2D eigenvalue weighted by atomic mass is 9.69. The number of nitrogens with one attached hydrogen (secondary N) is 5. The quantitative estimate of drug-likeness (QED) is 0.250. The molecule has 3 fully saturated rings. The number of carbonyl (C=O) groups excluding carboxylic acids is 2. The zero-order valence-electron chi connectivity index (χ0n) is 29.7. The molecule has 47 heavy (non-hydrogen) atoms. The molecular formula is C37H58N8O2. The Morgan fingerprint density at radius 1 is 1.06 bits per heavy atom. The van der Waals surface area contributed by atoms with Gasteiger partial charge >= 0.3 is 0 Å². The molecule has 1 aromatic rings. The van der Waals surface area contributed by atoms with E-state index in [0.29, 0.717) is 31.3 Å². The van der Waals surface area contributed by atoms with Crippen molar-refractivity contribution >= 4 is 17.6 Å². The number of hydrogen-bond acceptors (Lipinski definition) is 7. The fourth-order valence-electron chi connectivity index (χ4n) is 7.50. The van der Waals surface area contributed by atoms with Crippen LogP contribution in [0.2, 0.25) is 0 Å². The first-order valence-electron chi connectivity index (χ1n) is 17.6. The number of benzene rings is 1. The van der Waals surface area contributed by atoms with Crippen LogP contribution in [0.5, 0.6) is 0 Å². The highest BCUT2D eigenvalue weighted by atomic mass is 16.2. The van der Waals surface area contributed by atoms with Crippen LogP contribution < -0.4 is 27.1 Å². The van der Waals surface area contributed by atoms with Crippen molar-refractivity contribution in [1.29, 1.82) is 0 Å². The summed E-state index contributed by atoms with van der Waals surface area (Å²) in [6.45, 7) is 14.9. The summed E-state index contributed by atoms with van der Waals surface area (Å²) in [7, 11) is 1.91. The van der Waals surface area contributed by atoms with Crippen LogP contribution in [0.25, 0.3) is 0 Å². The second-order valence-corrected chi connectivity index (χ2v) is 16.2. The van der Waals surface area contributed by atoms with Crippen molar-refractivity contribution in [2.45, 2.75) is 117 Å². The van der Waals surface area contributed by atoms with E-state index in [1.807, 2.05) is 36.3 Å². The van der Waals surface area contributed by atoms with E-state index in [0.717, 1.165) is 56.9 Å². The highest BCUT2D eigenvalue weighted by molar-refractivity contribution is 6.40. The van der Waals surface area contributed by atoms with Gasteiger partial charge < -0.3 is 15.5 Å². The van der Waals surface area contributed by atoms with Crippen molar-refractivity contribution in [2.24, 2.45) is 21.7 Å². The van der Waals surface area contributed by atoms with Crippen molar-refractivity contribution < 1.29 is 9.59 Å². The zero-order chi connectivity index (χ0) is 33.8. The Bertz CT molecular complexity index is 1350. The maximum absolute atomic E-state index is 14.5. The summed E-state index contributed by atoms with van der Waals surface area (Å²) in [4.78, 5) is 34.8. The molecule has 5 rings (SSSR count). The standard InChI is InChI=1S/C37H58N8O2/c1-35(2,3)21-19-30(27-13-15-28(16-14-27)33(46)39-25-31-41-42-43-44(31)7)45-34(47)32(38-24-20-26-11-9-8-10-12-26)40-37(45)22-17-29(18-23-37)36(4,5)6/h8-13,15,29-31,41-43H,14,16-25H2,1-7H3,(H,38,40)(H,39,46). The monoisotopic (exact) mass is 646 g/mol. The van der Waals surface area contributed by atoms with Crippen molar-refractivity contribution in [1.82, 2.24) is 37.0 Å². The van der Waals surface area contributed by atoms with E-state index in [1.54, 1.807) is 0 Å². The van der Waals surface area contributed by atoms with Gasteiger partial charge in [-0.3, -0.25) is 14.6 Å². The molecule has 2 aliphatic carbocycles. The number of aliphatic imine (C=N–C) groups is 1. The first-order chi connectivity index (χ1) is 22.3. The van der Waals surface area contributed by atoms with Gasteiger partial charge in [-0.1, -0.05) is 84.0 Å². The number of amidine groups is 1. The highest BCUT2D eigenvalue weighted by Gasteiger charge is 2.54. The molecular weight excluding hydrogens is 588 g/mol. The number of rotatable bonds is 10. The Hall–Kier alpha value is -3.05. The third-order valence-corrected chi connectivity index (χ3v) is 10.6. The number of nitrogens with zero attached hydrogens (tertiary/aromatic N) is 3. The van der Waals surface area contributed by atoms with Crippen molar-refractivity contribution in [3.05, 3.63) is 59.2 Å². The molecule has 2 unspecified atom stereocenters. The van der Waals surface area contributed by atoms with Gasteiger partial charge in [0.1, 0.15) is 11.8 Å². The molecule has 1 aromatic carbocycles. The maximum atomic E-state index is 14.5. The van der Waals surface area contributed by atoms with E-state index < -0.39 is 5.66 Å². The molecule has 10 nitrogen and oxygen atoms in total. The second kappa shape index (κ2) is 14.6. The molecule has 1 saturated carbocycles. The van der Waals surface area contributed by atoms with E-state index in [-0.39, 0.29) is 34.9 Å². The Kier molecular flexibility index (Phi) is 11.0. The van der Waals surface area contributed by atoms with Crippen LogP contribution in [0.1, 0.15) is 98.5 Å². The summed E-state index contributed by atoms with van der Waals surface area (Å²) in [6.07, 6.45) is 12.1. The molecule has 1 spiro atoms. The average molecular weight is 647 g/mol. The molecule has 4 aliphatic rings. The van der Waals surface area contributed by atoms with Gasteiger partial charge in [0.2, 0.25) is 5.91 Å². The molecule has 10 heteroatoms. The van der Waals surface area contributed by atoms with Crippen molar-refractivity contribution in [2.75, 3.05) is 20.1 Å². The van der Waals surface area contributed by atoms with E-state index in [2.05, 4.69) is 91.8 Å². The van der Waals surface area contributed by atoms with E-state index in [1.165, 1.54) is 11.1 Å². The second-order valence-electron chi connectivity index (χ2n) is 16.2. The summed E-state index contributed by atoms with van der Waals surface area (Å²) < 4.78 is 0. The third kappa shape index (κ3) is 8.71. The van der Waals surface area contributed by atoms with Crippen LogP contribution >= 0.6 is 0 Å². The van der Waals surface area contributed by atoms with Gasteiger partial charge in [0, 0.05) is 25.7 Å². The molecule has 5 N–H and O–H groups in total. The SMILES string of the molecule is CN1NNNC1CNC(=O)C1=CC=C(C(CCC(C)(C)C)N2C(=O)C(=NCCc3ccccc3)NC23CCC(C(C)(C)C)CC3)CC1. The van der Waals surface area contributed by atoms with Gasteiger partial charge in [-0.2, -0.15) is 11.1 Å². The van der Waals surface area contributed by atoms with Crippen molar-refractivity contribution in [3.8, 4) is 0 Å². The minimum absolute atomic E-state index is 0.0231. The molecule has 2 atom stereocenters. The topological polar surface area (TPSA) is 113 Å². The zero-order valence-corrected chi connectivity index (χ0v) is 29.7. The summed E-state index contributed by atoms with van der Waals surface area (Å²) in [5.41, 5.74) is 12.0. The number of hydrazine groups is 3. The first kappa shape index (κ1) is 35.3. The van der Waals surface area contributed by atoms with Crippen LogP contribution in [0.4, 0.5) is 0 Å². The average Bonchev–Trinajstić information content (AvgIpc) is 3.55. The lowest BCUT2D eigenvalue weighted by molar-refractivity contribution is -0.132. The molecule has 258 valence electrons. The lowest BCUT2D eigenvalue weighted by Gasteiger charge is -2.49. The third-order valence-electron chi connectivity index (χ3n) is 10.6. The molecule has 2 aliphatic heterocycles. The number of carbonyl (C=O) groups is 2. The number of amides is 2. The summed E-state index contributed by atoms with van der Waals surface area (Å²) in [5, 5.41) is 8.69. The Morgan fingerprint density at radius 2 is 1.79 bits per heavy atom. The highest BCUT2D eigenvalue weighted by Crippen LogP contribution is 2.46. The summed E-state index contributed by atoms with van der Waals surface area (Å²) in [6, 6.07) is 10.3. The van der Waals surface area contributed by atoms with Gasteiger partial charge in [-0.05, 0) is 85.7 Å². The predicted octanol–water partition coefficient (Wildman–Crippen LogP) is 4.74. The molecule has 0 aromatic heterocycles. The Labute approximate surface area is 282 Å². The fraction of sp³-hybridized carbons (Fsp3) is 0.649. The van der Waals surface area contributed by atoms with Gasteiger partial charge in [0.15, 0.2) is 5.84 Å². The van der Waals surface area contributed by atoms with Crippen LogP contribution in [0.3, 0.4) is 0 Å². The van der Waals surface area contributed by atoms with Gasteiger partial charge in [-0.15, -0.1) is 0 Å². The van der Waals surface area contributed by atoms with Gasteiger partial charge in [0.25, 0.3) is 5.91 Å². The Balaban J connectivity index is 1.41. The van der Waals surface area contributed by atoms with Crippen LogP contribution in [0.15, 0.2) is 58.6 Å². The van der Waals surface area contributed by atoms with E-state index in [4.69, 9.17) is 4.99 Å². The smallest absolute Gasteiger partial charge is 0.291 e. The van der Waals surface area contributed by atoms with Crippen molar-refractivity contribution in [3.63, 3.8) is 0 Å². The van der Waals surface area contributed by atoms with Gasteiger partial charge in [0.05, 0.1) is 6.04 Å². The molecule has 0 radical (unpaired) electrons. The minimum atomic E-state index is -0.447. The number of allylic oxidation sites excluding steroid dienone is 2.